The van der Waals surface area contributed by atoms with Gasteiger partial charge in [0.05, 0.1) is 7.11 Å². The third-order valence-electron chi connectivity index (χ3n) is 4.06. The number of methoxy groups -OCH3 is 1. The van der Waals surface area contributed by atoms with Crippen LogP contribution in [-0.2, 0) is 0 Å². The first kappa shape index (κ1) is 13.4. The largest absolute Gasteiger partial charge is 0.497 e. The van der Waals surface area contributed by atoms with E-state index in [1.165, 1.54) is 18.7 Å². The summed E-state index contributed by atoms with van der Waals surface area (Å²) in [6.45, 7) is 7.93. The average Bonchev–Trinajstić information content (AvgIpc) is 2.68. The normalized spacial score (nSPS) is 26.2. The molecule has 1 heterocycles. The third kappa shape index (κ3) is 3.03. The highest BCUT2D eigenvalue weighted by Gasteiger charge is 2.27. The lowest BCUT2D eigenvalue weighted by Crippen LogP contribution is -2.30. The molecule has 0 aromatic heterocycles. The minimum absolute atomic E-state index is 0.0911. The summed E-state index contributed by atoms with van der Waals surface area (Å²) in [5.41, 5.74) is 7.46. The standard InChI is InChI=1S/C15H24N2O/c1-11-8-17(9-12(11)2)10-15(16)13-4-6-14(18-3)7-5-13/h4-7,11-12,15H,8-10,16H2,1-3H3. The second-order valence-electron chi connectivity index (χ2n) is 5.55. The van der Waals surface area contributed by atoms with E-state index in [2.05, 4.69) is 30.9 Å². The SMILES string of the molecule is COc1ccc(C(N)CN2CC(C)C(C)C2)cc1. The van der Waals surface area contributed by atoms with Gasteiger partial charge in [0.2, 0.25) is 0 Å². The molecular formula is C15H24N2O. The van der Waals surface area contributed by atoms with Crippen LogP contribution in [0, 0.1) is 11.8 Å². The number of nitrogens with zero attached hydrogens (tertiary/aromatic N) is 1. The number of hydrogen-bond donors (Lipinski definition) is 1. The number of ether oxygens (including phenoxy) is 1. The summed E-state index contributed by atoms with van der Waals surface area (Å²) >= 11 is 0. The predicted molar refractivity (Wildman–Crippen MR) is 74.7 cm³/mol. The molecule has 100 valence electrons. The second kappa shape index (κ2) is 5.72. The highest BCUT2D eigenvalue weighted by Crippen LogP contribution is 2.24. The Morgan fingerprint density at radius 2 is 1.78 bits per heavy atom. The van der Waals surface area contributed by atoms with E-state index in [9.17, 15) is 0 Å². The number of likely N-dealkylation sites (tertiary alicyclic amines) is 1. The van der Waals surface area contributed by atoms with Crippen molar-refractivity contribution < 1.29 is 4.74 Å². The minimum atomic E-state index is 0.0911. The van der Waals surface area contributed by atoms with Crippen molar-refractivity contribution in [2.24, 2.45) is 17.6 Å². The summed E-state index contributed by atoms with van der Waals surface area (Å²) in [5.74, 6) is 2.45. The number of benzene rings is 1. The molecule has 3 unspecified atom stereocenters. The Hall–Kier alpha value is -1.06. The Bertz CT molecular complexity index is 367. The quantitative estimate of drug-likeness (QED) is 0.888. The Kier molecular flexibility index (Phi) is 4.25. The van der Waals surface area contributed by atoms with Crippen LogP contribution in [0.15, 0.2) is 24.3 Å². The van der Waals surface area contributed by atoms with Gasteiger partial charge in [-0.3, -0.25) is 0 Å². The van der Waals surface area contributed by atoms with Gasteiger partial charge in [-0.15, -0.1) is 0 Å². The van der Waals surface area contributed by atoms with Crippen LogP contribution in [0.3, 0.4) is 0 Å². The van der Waals surface area contributed by atoms with Crippen molar-refractivity contribution >= 4 is 0 Å². The Labute approximate surface area is 110 Å². The topological polar surface area (TPSA) is 38.5 Å². The lowest BCUT2D eigenvalue weighted by molar-refractivity contribution is 0.302. The number of nitrogens with two attached hydrogens (primary N) is 1. The van der Waals surface area contributed by atoms with E-state index in [0.29, 0.717) is 0 Å². The second-order valence-corrected chi connectivity index (χ2v) is 5.55. The molecule has 3 atom stereocenters. The van der Waals surface area contributed by atoms with Crippen LogP contribution in [0.25, 0.3) is 0 Å². The van der Waals surface area contributed by atoms with Gasteiger partial charge in [0.1, 0.15) is 5.75 Å². The molecule has 0 amide bonds. The zero-order valence-electron chi connectivity index (χ0n) is 11.6. The summed E-state index contributed by atoms with van der Waals surface area (Å²) in [6.07, 6.45) is 0. The van der Waals surface area contributed by atoms with E-state index < -0.39 is 0 Å². The molecule has 1 aliphatic rings. The summed E-state index contributed by atoms with van der Waals surface area (Å²) < 4.78 is 5.16. The van der Waals surface area contributed by atoms with Crippen LogP contribution in [0.5, 0.6) is 5.75 Å². The maximum atomic E-state index is 6.27. The minimum Gasteiger partial charge on any atom is -0.497 e. The highest BCUT2D eigenvalue weighted by molar-refractivity contribution is 5.29. The van der Waals surface area contributed by atoms with Crippen LogP contribution >= 0.6 is 0 Å². The van der Waals surface area contributed by atoms with Gasteiger partial charge in [0.25, 0.3) is 0 Å². The maximum absolute atomic E-state index is 6.27. The fourth-order valence-electron chi connectivity index (χ4n) is 2.63. The van der Waals surface area contributed by atoms with Gasteiger partial charge in [-0.05, 0) is 29.5 Å². The molecule has 1 saturated heterocycles. The monoisotopic (exact) mass is 248 g/mol. The van der Waals surface area contributed by atoms with Crippen LogP contribution in [0.1, 0.15) is 25.5 Å². The van der Waals surface area contributed by atoms with Crippen LogP contribution in [0.2, 0.25) is 0 Å². The Morgan fingerprint density at radius 3 is 2.28 bits per heavy atom. The van der Waals surface area contributed by atoms with E-state index in [-0.39, 0.29) is 6.04 Å². The molecular weight excluding hydrogens is 224 g/mol. The smallest absolute Gasteiger partial charge is 0.118 e. The molecule has 0 bridgehead atoms. The van der Waals surface area contributed by atoms with Crippen molar-refractivity contribution in [2.45, 2.75) is 19.9 Å². The van der Waals surface area contributed by atoms with E-state index in [1.807, 2.05) is 12.1 Å². The average molecular weight is 248 g/mol. The first-order chi connectivity index (χ1) is 8.60. The molecule has 1 aliphatic heterocycles. The van der Waals surface area contributed by atoms with Gasteiger partial charge in [-0.1, -0.05) is 26.0 Å². The molecule has 1 aromatic rings. The van der Waals surface area contributed by atoms with Gasteiger partial charge >= 0.3 is 0 Å². The van der Waals surface area contributed by atoms with E-state index in [0.717, 1.165) is 24.1 Å². The molecule has 0 aliphatic carbocycles. The summed E-state index contributed by atoms with van der Waals surface area (Å²) in [4.78, 5) is 2.48. The number of rotatable bonds is 4. The first-order valence-corrected chi connectivity index (χ1v) is 6.72. The molecule has 0 radical (unpaired) electrons. The molecule has 18 heavy (non-hydrogen) atoms. The van der Waals surface area contributed by atoms with Gasteiger partial charge in [0.15, 0.2) is 0 Å². The molecule has 0 saturated carbocycles. The molecule has 2 N–H and O–H groups in total. The van der Waals surface area contributed by atoms with Gasteiger partial charge in [0, 0.05) is 25.7 Å². The van der Waals surface area contributed by atoms with Crippen LogP contribution in [-0.4, -0.2) is 31.6 Å². The first-order valence-electron chi connectivity index (χ1n) is 6.72. The molecule has 3 heteroatoms. The zero-order valence-corrected chi connectivity index (χ0v) is 11.6. The third-order valence-corrected chi connectivity index (χ3v) is 4.06. The van der Waals surface area contributed by atoms with Crippen molar-refractivity contribution in [2.75, 3.05) is 26.7 Å². The molecule has 1 fully saturated rings. The molecule has 2 rings (SSSR count). The Balaban J connectivity index is 1.93. The summed E-state index contributed by atoms with van der Waals surface area (Å²) in [6, 6.07) is 8.17. The van der Waals surface area contributed by atoms with E-state index in [4.69, 9.17) is 10.5 Å². The van der Waals surface area contributed by atoms with Gasteiger partial charge < -0.3 is 15.4 Å². The lowest BCUT2D eigenvalue weighted by Gasteiger charge is -2.21. The summed E-state index contributed by atoms with van der Waals surface area (Å²) in [5, 5.41) is 0. The predicted octanol–water partition coefficient (Wildman–Crippen LogP) is 2.28. The number of hydrogen-bond acceptors (Lipinski definition) is 3. The van der Waals surface area contributed by atoms with Crippen molar-refractivity contribution in [3.8, 4) is 5.75 Å². The van der Waals surface area contributed by atoms with Crippen molar-refractivity contribution in [3.63, 3.8) is 0 Å². The molecule has 3 nitrogen and oxygen atoms in total. The fourth-order valence-corrected chi connectivity index (χ4v) is 2.63. The Morgan fingerprint density at radius 1 is 1.22 bits per heavy atom. The van der Waals surface area contributed by atoms with Crippen LogP contribution < -0.4 is 10.5 Å². The van der Waals surface area contributed by atoms with E-state index >= 15 is 0 Å². The van der Waals surface area contributed by atoms with Crippen molar-refractivity contribution in [1.82, 2.24) is 4.90 Å². The van der Waals surface area contributed by atoms with Crippen LogP contribution in [0.4, 0.5) is 0 Å². The fraction of sp³-hybridized carbons (Fsp3) is 0.600. The van der Waals surface area contributed by atoms with Gasteiger partial charge in [-0.2, -0.15) is 0 Å². The lowest BCUT2D eigenvalue weighted by atomic mass is 10.0. The highest BCUT2D eigenvalue weighted by atomic mass is 16.5. The van der Waals surface area contributed by atoms with Gasteiger partial charge in [-0.25, -0.2) is 0 Å². The zero-order chi connectivity index (χ0) is 13.1. The van der Waals surface area contributed by atoms with Crippen molar-refractivity contribution in [3.05, 3.63) is 29.8 Å². The van der Waals surface area contributed by atoms with E-state index in [1.54, 1.807) is 7.11 Å². The summed E-state index contributed by atoms with van der Waals surface area (Å²) in [7, 11) is 1.68. The molecule has 1 aromatic carbocycles. The maximum Gasteiger partial charge on any atom is 0.118 e. The van der Waals surface area contributed by atoms with Crippen molar-refractivity contribution in [1.29, 1.82) is 0 Å². The molecule has 0 spiro atoms.